The van der Waals surface area contributed by atoms with E-state index in [0.29, 0.717) is 17.8 Å². The fourth-order valence-corrected chi connectivity index (χ4v) is 1.33. The van der Waals surface area contributed by atoms with Crippen LogP contribution in [0.2, 0.25) is 0 Å². The average Bonchev–Trinajstić information content (AvgIpc) is 2.24. The maximum absolute atomic E-state index is 12.3. The largest absolute Gasteiger partial charge is 0.416 e. The van der Waals surface area contributed by atoms with Crippen molar-refractivity contribution in [2.45, 2.75) is 6.18 Å². The molecular weight excluding hydrogens is 233 g/mol. The highest BCUT2D eigenvalue weighted by molar-refractivity contribution is 6.01. The molecule has 0 unspecified atom stereocenters. The first-order valence-electron chi connectivity index (χ1n) is 4.88. The third-order valence-corrected chi connectivity index (χ3v) is 2.13. The molecule has 17 heavy (non-hydrogen) atoms. The Bertz CT molecular complexity index is 396. The van der Waals surface area contributed by atoms with Gasteiger partial charge in [-0.3, -0.25) is 0 Å². The molecule has 0 amide bonds. The van der Waals surface area contributed by atoms with Crippen LogP contribution in [-0.4, -0.2) is 36.5 Å². The Hall–Kier alpha value is -1.56. The van der Waals surface area contributed by atoms with Gasteiger partial charge in [0, 0.05) is 12.1 Å². The van der Waals surface area contributed by atoms with E-state index in [4.69, 9.17) is 5.21 Å². The van der Waals surface area contributed by atoms with Crippen LogP contribution < -0.4 is 0 Å². The van der Waals surface area contributed by atoms with Crippen molar-refractivity contribution < 1.29 is 18.4 Å². The summed E-state index contributed by atoms with van der Waals surface area (Å²) < 4.78 is 37.0. The number of hydrogen-bond acceptors (Lipinski definition) is 3. The predicted octanol–water partition coefficient (Wildman–Crippen LogP) is 2.45. The van der Waals surface area contributed by atoms with Gasteiger partial charge in [-0.2, -0.15) is 13.2 Å². The molecule has 0 saturated heterocycles. The fourth-order valence-electron chi connectivity index (χ4n) is 1.33. The number of alkyl halides is 3. The van der Waals surface area contributed by atoms with Crippen LogP contribution in [0.1, 0.15) is 11.1 Å². The summed E-state index contributed by atoms with van der Waals surface area (Å²) in [6, 6.07) is 4.52. The van der Waals surface area contributed by atoms with Gasteiger partial charge >= 0.3 is 6.18 Å². The molecule has 1 rings (SSSR count). The second kappa shape index (κ2) is 5.18. The first kappa shape index (κ1) is 13.5. The molecule has 0 aromatic heterocycles. The minimum absolute atomic E-state index is 0.323. The second-order valence-corrected chi connectivity index (χ2v) is 3.86. The summed E-state index contributed by atoms with van der Waals surface area (Å²) in [5.41, 5.74) is 0.0707. The summed E-state index contributed by atoms with van der Waals surface area (Å²) in [4.78, 5) is 1.76. The number of likely N-dealkylation sites (N-methyl/N-ethyl adjacent to an activating group) is 1. The first-order chi connectivity index (χ1) is 7.84. The standard InChI is InChI=1S/C11H13F3N2O/c1-16(2)7-10(15-17)8-3-5-9(6-4-8)11(12,13)14/h3-6,17H,7H2,1-2H3. The quantitative estimate of drug-likeness (QED) is 0.505. The smallest absolute Gasteiger partial charge is 0.411 e. The Morgan fingerprint density at radius 2 is 1.76 bits per heavy atom. The van der Waals surface area contributed by atoms with Gasteiger partial charge in [0.15, 0.2) is 0 Å². The van der Waals surface area contributed by atoms with E-state index in [1.165, 1.54) is 12.1 Å². The van der Waals surface area contributed by atoms with Crippen LogP contribution in [0.4, 0.5) is 13.2 Å². The summed E-state index contributed by atoms with van der Waals surface area (Å²) >= 11 is 0. The molecule has 0 heterocycles. The van der Waals surface area contributed by atoms with Crippen LogP contribution in [-0.2, 0) is 6.18 Å². The van der Waals surface area contributed by atoms with E-state index in [1.54, 1.807) is 19.0 Å². The molecule has 0 atom stereocenters. The van der Waals surface area contributed by atoms with Gasteiger partial charge in [-0.25, -0.2) is 0 Å². The number of oxime groups is 1. The topological polar surface area (TPSA) is 35.8 Å². The fraction of sp³-hybridized carbons (Fsp3) is 0.364. The molecule has 0 aliphatic rings. The van der Waals surface area contributed by atoms with E-state index in [9.17, 15) is 13.2 Å². The molecule has 0 bridgehead atoms. The van der Waals surface area contributed by atoms with Crippen molar-refractivity contribution >= 4 is 5.71 Å². The first-order valence-corrected chi connectivity index (χ1v) is 4.88. The lowest BCUT2D eigenvalue weighted by molar-refractivity contribution is -0.137. The van der Waals surface area contributed by atoms with Gasteiger partial charge in [0.25, 0.3) is 0 Å². The van der Waals surface area contributed by atoms with Crippen molar-refractivity contribution in [2.75, 3.05) is 20.6 Å². The molecule has 0 aliphatic carbocycles. The monoisotopic (exact) mass is 246 g/mol. The molecule has 1 N–H and O–H groups in total. The van der Waals surface area contributed by atoms with E-state index < -0.39 is 11.7 Å². The lowest BCUT2D eigenvalue weighted by Gasteiger charge is -2.12. The number of rotatable bonds is 3. The highest BCUT2D eigenvalue weighted by atomic mass is 19.4. The minimum atomic E-state index is -4.35. The number of benzene rings is 1. The third kappa shape index (κ3) is 3.74. The molecule has 0 spiro atoms. The summed E-state index contributed by atoms with van der Waals surface area (Å²) in [5.74, 6) is 0. The number of nitrogens with zero attached hydrogens (tertiary/aromatic N) is 2. The van der Waals surface area contributed by atoms with Crippen molar-refractivity contribution in [2.24, 2.45) is 5.16 Å². The van der Waals surface area contributed by atoms with E-state index >= 15 is 0 Å². The lowest BCUT2D eigenvalue weighted by Crippen LogP contribution is -2.22. The maximum atomic E-state index is 12.3. The van der Waals surface area contributed by atoms with Crippen molar-refractivity contribution in [1.29, 1.82) is 0 Å². The zero-order chi connectivity index (χ0) is 13.1. The number of hydrogen-bond donors (Lipinski definition) is 1. The Morgan fingerprint density at radius 1 is 1.24 bits per heavy atom. The van der Waals surface area contributed by atoms with Gasteiger partial charge < -0.3 is 10.1 Å². The van der Waals surface area contributed by atoms with Crippen LogP contribution in [0.25, 0.3) is 0 Å². The van der Waals surface area contributed by atoms with Crippen LogP contribution in [0, 0.1) is 0 Å². The lowest BCUT2D eigenvalue weighted by atomic mass is 10.1. The molecule has 0 radical (unpaired) electrons. The Balaban J connectivity index is 2.94. The average molecular weight is 246 g/mol. The van der Waals surface area contributed by atoms with Crippen molar-refractivity contribution in [1.82, 2.24) is 4.90 Å². The summed E-state index contributed by atoms with van der Waals surface area (Å²) in [7, 11) is 3.55. The Labute approximate surface area is 97.2 Å². The molecule has 3 nitrogen and oxygen atoms in total. The zero-order valence-electron chi connectivity index (χ0n) is 9.49. The molecular formula is C11H13F3N2O. The molecule has 94 valence electrons. The molecule has 1 aromatic rings. The van der Waals surface area contributed by atoms with Gasteiger partial charge in [-0.05, 0) is 26.2 Å². The van der Waals surface area contributed by atoms with Crippen molar-refractivity contribution in [3.05, 3.63) is 35.4 Å². The van der Waals surface area contributed by atoms with Gasteiger partial charge in [0.05, 0.1) is 5.56 Å². The van der Waals surface area contributed by atoms with Crippen molar-refractivity contribution in [3.8, 4) is 0 Å². The van der Waals surface area contributed by atoms with E-state index in [2.05, 4.69) is 5.16 Å². The van der Waals surface area contributed by atoms with E-state index in [0.717, 1.165) is 12.1 Å². The van der Waals surface area contributed by atoms with Crippen molar-refractivity contribution in [3.63, 3.8) is 0 Å². The van der Waals surface area contributed by atoms with Crippen LogP contribution in [0.5, 0.6) is 0 Å². The summed E-state index contributed by atoms with van der Waals surface area (Å²) in [5, 5.41) is 11.9. The number of halogens is 3. The summed E-state index contributed by atoms with van der Waals surface area (Å²) in [6.45, 7) is 0.349. The minimum Gasteiger partial charge on any atom is -0.411 e. The highest BCUT2D eigenvalue weighted by Gasteiger charge is 2.30. The molecule has 0 fully saturated rings. The molecule has 0 aliphatic heterocycles. The maximum Gasteiger partial charge on any atom is 0.416 e. The summed E-state index contributed by atoms with van der Waals surface area (Å²) in [6.07, 6.45) is -4.35. The Kier molecular flexibility index (Phi) is 4.11. The second-order valence-electron chi connectivity index (χ2n) is 3.86. The van der Waals surface area contributed by atoms with Gasteiger partial charge in [0.2, 0.25) is 0 Å². The van der Waals surface area contributed by atoms with E-state index in [-0.39, 0.29) is 0 Å². The Morgan fingerprint density at radius 3 is 2.12 bits per heavy atom. The molecule has 1 aromatic carbocycles. The normalized spacial score (nSPS) is 13.2. The third-order valence-electron chi connectivity index (χ3n) is 2.13. The van der Waals surface area contributed by atoms with E-state index in [1.807, 2.05) is 0 Å². The van der Waals surface area contributed by atoms with Gasteiger partial charge in [-0.15, -0.1) is 0 Å². The van der Waals surface area contributed by atoms with Gasteiger partial charge in [0.1, 0.15) is 5.71 Å². The zero-order valence-corrected chi connectivity index (χ0v) is 9.49. The van der Waals surface area contributed by atoms with Gasteiger partial charge in [-0.1, -0.05) is 17.3 Å². The van der Waals surface area contributed by atoms with Crippen LogP contribution in [0.3, 0.4) is 0 Å². The van der Waals surface area contributed by atoms with Crippen LogP contribution >= 0.6 is 0 Å². The SMILES string of the molecule is CN(C)CC(=NO)c1ccc(C(F)(F)F)cc1. The predicted molar refractivity (Wildman–Crippen MR) is 58.3 cm³/mol. The molecule has 0 saturated carbocycles. The molecule has 6 heteroatoms. The highest BCUT2D eigenvalue weighted by Crippen LogP contribution is 2.29. The van der Waals surface area contributed by atoms with Crippen LogP contribution in [0.15, 0.2) is 29.4 Å².